The fraction of sp³-hybridized carbons (Fsp3) is 0.0667. The zero-order valence-corrected chi connectivity index (χ0v) is 17.7. The van der Waals surface area contributed by atoms with Gasteiger partial charge in [-0.15, -0.1) is 0 Å². The Morgan fingerprint density at radius 3 is 2.09 bits per heavy atom. The van der Waals surface area contributed by atoms with Gasteiger partial charge in [0.05, 0.1) is 0 Å². The fourth-order valence-electron chi connectivity index (χ4n) is 3.67. The number of rotatable bonds is 7. The lowest BCUT2D eigenvalue weighted by molar-refractivity contribution is 0.103. The second kappa shape index (κ2) is 10.3. The third kappa shape index (κ3) is 5.55. The van der Waals surface area contributed by atoms with Crippen LogP contribution in [0.2, 0.25) is 0 Å². The molecule has 2 heteroatoms. The van der Waals surface area contributed by atoms with Gasteiger partial charge in [-0.25, -0.2) is 0 Å². The molecule has 1 aliphatic rings. The van der Waals surface area contributed by atoms with E-state index in [2.05, 4.69) is 24.3 Å². The lowest BCUT2D eigenvalue weighted by Crippen LogP contribution is -2.01. The van der Waals surface area contributed by atoms with Gasteiger partial charge in [0, 0.05) is 11.1 Å². The van der Waals surface area contributed by atoms with Gasteiger partial charge < -0.3 is 0 Å². The van der Waals surface area contributed by atoms with E-state index in [9.17, 15) is 9.59 Å². The molecule has 4 rings (SSSR count). The van der Waals surface area contributed by atoms with Crippen molar-refractivity contribution in [2.45, 2.75) is 6.42 Å². The molecule has 0 heterocycles. The molecule has 0 radical (unpaired) electrons. The summed E-state index contributed by atoms with van der Waals surface area (Å²) in [6.07, 6.45) is 14.2. The number of hydrogen-bond acceptors (Lipinski definition) is 2. The Balaban J connectivity index is 1.43. The molecule has 0 amide bonds. The van der Waals surface area contributed by atoms with Gasteiger partial charge >= 0.3 is 0 Å². The summed E-state index contributed by atoms with van der Waals surface area (Å²) in [6, 6.07) is 26.7. The van der Waals surface area contributed by atoms with Crippen LogP contribution in [-0.4, -0.2) is 11.6 Å². The highest BCUT2D eigenvalue weighted by Gasteiger charge is 2.12. The quantitative estimate of drug-likeness (QED) is 0.307. The number of carbonyl (C=O) groups is 2. The van der Waals surface area contributed by atoms with E-state index < -0.39 is 0 Å². The third-order valence-electron chi connectivity index (χ3n) is 5.41. The summed E-state index contributed by atoms with van der Waals surface area (Å²) >= 11 is 0. The Labute approximate surface area is 188 Å². The van der Waals surface area contributed by atoms with Gasteiger partial charge in [0.15, 0.2) is 11.6 Å². The standard InChI is InChI=1S/C30H24O2/c31-29(25-11-3-1-4-12-25)19-17-23-9-7-15-27(21-23)28-16-8-10-24(22-28)18-20-30(32)26-13-5-2-6-14-26/h1-21,24H,22H2/b19-17+,20-18+. The Morgan fingerprint density at radius 1 is 0.750 bits per heavy atom. The van der Waals surface area contributed by atoms with Crippen LogP contribution in [0.5, 0.6) is 0 Å². The van der Waals surface area contributed by atoms with Gasteiger partial charge in [-0.3, -0.25) is 9.59 Å². The highest BCUT2D eigenvalue weighted by Crippen LogP contribution is 2.29. The monoisotopic (exact) mass is 416 g/mol. The highest BCUT2D eigenvalue weighted by molar-refractivity contribution is 6.06. The van der Waals surface area contributed by atoms with Gasteiger partial charge in [-0.1, -0.05) is 109 Å². The second-order valence-electron chi connectivity index (χ2n) is 7.72. The molecule has 0 spiro atoms. The molecule has 3 aromatic rings. The van der Waals surface area contributed by atoms with E-state index in [1.165, 1.54) is 5.57 Å². The van der Waals surface area contributed by atoms with Crippen LogP contribution in [0.15, 0.2) is 121 Å². The van der Waals surface area contributed by atoms with Crippen molar-refractivity contribution < 1.29 is 9.59 Å². The zero-order chi connectivity index (χ0) is 22.2. The van der Waals surface area contributed by atoms with Crippen LogP contribution in [0.1, 0.15) is 38.3 Å². The van der Waals surface area contributed by atoms with Crippen molar-refractivity contribution in [2.75, 3.05) is 0 Å². The zero-order valence-electron chi connectivity index (χ0n) is 17.7. The molecule has 32 heavy (non-hydrogen) atoms. The van der Waals surface area contributed by atoms with Crippen LogP contribution in [0.4, 0.5) is 0 Å². The number of hydrogen-bond donors (Lipinski definition) is 0. The molecular weight excluding hydrogens is 392 g/mol. The van der Waals surface area contributed by atoms with E-state index in [-0.39, 0.29) is 17.5 Å². The predicted octanol–water partition coefficient (Wildman–Crippen LogP) is 6.98. The van der Waals surface area contributed by atoms with Crippen molar-refractivity contribution in [1.29, 1.82) is 0 Å². The molecule has 1 aliphatic carbocycles. The minimum Gasteiger partial charge on any atom is -0.289 e. The Kier molecular flexibility index (Phi) is 6.84. The smallest absolute Gasteiger partial charge is 0.185 e. The van der Waals surface area contributed by atoms with E-state index in [0.717, 1.165) is 17.5 Å². The molecule has 0 saturated heterocycles. The van der Waals surface area contributed by atoms with Crippen molar-refractivity contribution in [3.8, 4) is 0 Å². The molecule has 0 saturated carbocycles. The first-order valence-electron chi connectivity index (χ1n) is 10.7. The lowest BCUT2D eigenvalue weighted by atomic mass is 9.89. The number of ketones is 2. The molecule has 156 valence electrons. The molecule has 2 nitrogen and oxygen atoms in total. The van der Waals surface area contributed by atoms with Gasteiger partial charge in [-0.2, -0.15) is 0 Å². The number of allylic oxidation sites excluding steroid dienone is 7. The maximum absolute atomic E-state index is 12.4. The average Bonchev–Trinajstić information content (AvgIpc) is 2.87. The minimum atomic E-state index is -0.0101. The van der Waals surface area contributed by atoms with Gasteiger partial charge in [0.25, 0.3) is 0 Å². The summed E-state index contributed by atoms with van der Waals surface area (Å²) in [5.74, 6) is 0.177. The SMILES string of the molecule is O=C(/C=C/c1cccc(C2=CC=CC(/C=C/C(=O)c3ccccc3)C2)c1)c1ccccc1. The van der Waals surface area contributed by atoms with E-state index in [4.69, 9.17) is 0 Å². The van der Waals surface area contributed by atoms with Crippen molar-refractivity contribution in [1.82, 2.24) is 0 Å². The molecule has 0 N–H and O–H groups in total. The van der Waals surface area contributed by atoms with E-state index >= 15 is 0 Å². The van der Waals surface area contributed by atoms with Crippen molar-refractivity contribution in [2.24, 2.45) is 5.92 Å². The maximum atomic E-state index is 12.4. The summed E-state index contributed by atoms with van der Waals surface area (Å²) in [6.45, 7) is 0. The van der Waals surface area contributed by atoms with E-state index in [1.807, 2.05) is 91.0 Å². The first kappa shape index (κ1) is 21.2. The summed E-state index contributed by atoms with van der Waals surface area (Å²) < 4.78 is 0. The van der Waals surface area contributed by atoms with Crippen molar-refractivity contribution in [3.63, 3.8) is 0 Å². The number of carbonyl (C=O) groups excluding carboxylic acids is 2. The average molecular weight is 417 g/mol. The highest BCUT2D eigenvalue weighted by atomic mass is 16.1. The van der Waals surface area contributed by atoms with Crippen molar-refractivity contribution in [3.05, 3.63) is 144 Å². The van der Waals surface area contributed by atoms with E-state index in [1.54, 1.807) is 12.2 Å². The summed E-state index contributed by atoms with van der Waals surface area (Å²) in [4.78, 5) is 24.7. The molecule has 1 atom stereocenters. The fourth-order valence-corrected chi connectivity index (χ4v) is 3.67. The molecule has 0 aromatic heterocycles. The topological polar surface area (TPSA) is 34.1 Å². The first-order chi connectivity index (χ1) is 15.7. The maximum Gasteiger partial charge on any atom is 0.185 e. The normalized spacial score (nSPS) is 15.8. The lowest BCUT2D eigenvalue weighted by Gasteiger charge is -2.16. The summed E-state index contributed by atoms with van der Waals surface area (Å²) in [5, 5.41) is 0. The van der Waals surface area contributed by atoms with Crippen LogP contribution in [0.3, 0.4) is 0 Å². The molecule has 0 aliphatic heterocycles. The molecule has 1 unspecified atom stereocenters. The van der Waals surface area contributed by atoms with Crippen LogP contribution in [-0.2, 0) is 0 Å². The van der Waals surface area contributed by atoms with E-state index in [0.29, 0.717) is 11.1 Å². The molecule has 0 fully saturated rings. The second-order valence-corrected chi connectivity index (χ2v) is 7.72. The molecule has 0 bridgehead atoms. The van der Waals surface area contributed by atoms with Crippen LogP contribution in [0, 0.1) is 5.92 Å². The van der Waals surface area contributed by atoms with Crippen LogP contribution < -0.4 is 0 Å². The molecular formula is C30H24O2. The Bertz CT molecular complexity index is 1210. The van der Waals surface area contributed by atoms with Gasteiger partial charge in [-0.05, 0) is 47.3 Å². The summed E-state index contributed by atoms with van der Waals surface area (Å²) in [5.41, 5.74) is 4.69. The van der Waals surface area contributed by atoms with Gasteiger partial charge in [0.2, 0.25) is 0 Å². The van der Waals surface area contributed by atoms with Crippen LogP contribution >= 0.6 is 0 Å². The minimum absolute atomic E-state index is 0.0101. The molecule has 3 aromatic carbocycles. The number of benzene rings is 3. The Hall–Kier alpha value is -4.04. The van der Waals surface area contributed by atoms with Crippen LogP contribution in [0.25, 0.3) is 11.6 Å². The predicted molar refractivity (Wildman–Crippen MR) is 131 cm³/mol. The summed E-state index contributed by atoms with van der Waals surface area (Å²) in [7, 11) is 0. The Morgan fingerprint density at radius 2 is 1.41 bits per heavy atom. The van der Waals surface area contributed by atoms with Gasteiger partial charge in [0.1, 0.15) is 0 Å². The van der Waals surface area contributed by atoms with Crippen molar-refractivity contribution >= 4 is 23.2 Å². The first-order valence-corrected chi connectivity index (χ1v) is 10.7. The third-order valence-corrected chi connectivity index (χ3v) is 5.41. The largest absolute Gasteiger partial charge is 0.289 e.